The summed E-state index contributed by atoms with van der Waals surface area (Å²) in [6, 6.07) is 2.40. The molecule has 2 atom stereocenters. The van der Waals surface area contributed by atoms with Crippen molar-refractivity contribution in [2.45, 2.75) is 50.8 Å². The highest BCUT2D eigenvalue weighted by Gasteiger charge is 2.35. The maximum absolute atomic E-state index is 13.4. The van der Waals surface area contributed by atoms with E-state index in [0.717, 1.165) is 43.6 Å². The molecule has 1 aromatic rings. The molecule has 0 aliphatic heterocycles. The zero-order valence-corrected chi connectivity index (χ0v) is 16.2. The van der Waals surface area contributed by atoms with Crippen LogP contribution in [-0.4, -0.2) is 17.1 Å². The first-order valence-electron chi connectivity index (χ1n) is 9.11. The number of aromatic nitrogens is 1. The molecule has 0 radical (unpaired) electrons. The van der Waals surface area contributed by atoms with Crippen molar-refractivity contribution in [1.29, 1.82) is 0 Å². The monoisotopic (exact) mass is 395 g/mol. The van der Waals surface area contributed by atoms with Gasteiger partial charge in [0.1, 0.15) is 12.0 Å². The van der Waals surface area contributed by atoms with E-state index in [-0.39, 0.29) is 23.7 Å². The summed E-state index contributed by atoms with van der Waals surface area (Å²) in [5, 5.41) is -3.59. The molecule has 1 aliphatic rings. The number of halogens is 3. The number of pyridine rings is 1. The van der Waals surface area contributed by atoms with E-state index >= 15 is 0 Å². The summed E-state index contributed by atoms with van der Waals surface area (Å²) in [7, 11) is 0. The molecular weight excluding hydrogens is 372 g/mol. The van der Waals surface area contributed by atoms with Crippen LogP contribution < -0.4 is 0 Å². The van der Waals surface area contributed by atoms with E-state index < -0.39 is 17.0 Å². The molecule has 2 unspecified atom stereocenters. The number of unbranched alkanes of at least 4 members (excludes halogenated alkanes) is 2. The van der Waals surface area contributed by atoms with Crippen molar-refractivity contribution in [1.82, 2.24) is 4.98 Å². The van der Waals surface area contributed by atoms with E-state index in [1.54, 1.807) is 0 Å². The maximum atomic E-state index is 13.4. The molecule has 1 aliphatic carbocycles. The Hall–Kier alpha value is -1.88. The van der Waals surface area contributed by atoms with Crippen molar-refractivity contribution in [3.8, 4) is 0 Å². The Morgan fingerprint density at radius 2 is 2.11 bits per heavy atom. The lowest BCUT2D eigenvalue weighted by Gasteiger charge is -2.15. The van der Waals surface area contributed by atoms with Crippen molar-refractivity contribution in [3.05, 3.63) is 53.4 Å². The number of rotatable bonds is 11. The molecule has 0 aromatic carbocycles. The summed E-state index contributed by atoms with van der Waals surface area (Å²) in [5.41, 5.74) is 1.70. The summed E-state index contributed by atoms with van der Waals surface area (Å²) in [6.07, 6.45) is 4.44. The first kappa shape index (κ1) is 21.4. The molecule has 2 rings (SSSR count). The first-order chi connectivity index (χ1) is 12.7. The van der Waals surface area contributed by atoms with E-state index in [9.17, 15) is 18.4 Å². The number of aryl methyl sites for hydroxylation is 1. The highest BCUT2D eigenvalue weighted by molar-refractivity contribution is 6.21. The summed E-state index contributed by atoms with van der Waals surface area (Å²) in [5.74, 6) is -0.824. The standard InChI is InChI=1S/C21H24ClF2NO2/c1-4-5-6-7-18-16(8-9-20(25-18)21(22,23)24)19(27)11-15(12-26)14(3)17-10-13(17)2/h8-9,12,15,17H,2-7,10-11H2,1H3. The number of aldehydes is 1. The minimum atomic E-state index is -3.59. The van der Waals surface area contributed by atoms with Gasteiger partial charge in [-0.25, -0.2) is 4.98 Å². The predicted octanol–water partition coefficient (Wildman–Crippen LogP) is 5.62. The summed E-state index contributed by atoms with van der Waals surface area (Å²) >= 11 is 5.08. The Morgan fingerprint density at radius 3 is 2.63 bits per heavy atom. The van der Waals surface area contributed by atoms with E-state index in [2.05, 4.69) is 18.1 Å². The fourth-order valence-electron chi connectivity index (χ4n) is 3.08. The van der Waals surface area contributed by atoms with Crippen LogP contribution in [0.5, 0.6) is 0 Å². The third kappa shape index (κ3) is 5.55. The van der Waals surface area contributed by atoms with Crippen LogP contribution in [0.4, 0.5) is 8.78 Å². The predicted molar refractivity (Wildman–Crippen MR) is 102 cm³/mol. The fourth-order valence-corrected chi connectivity index (χ4v) is 3.18. The lowest BCUT2D eigenvalue weighted by molar-refractivity contribution is -0.110. The summed E-state index contributed by atoms with van der Waals surface area (Å²) < 4.78 is 26.8. The average Bonchev–Trinajstić information content (AvgIpc) is 3.35. The van der Waals surface area contributed by atoms with Gasteiger partial charge in [-0.3, -0.25) is 4.79 Å². The van der Waals surface area contributed by atoms with Gasteiger partial charge in [0.2, 0.25) is 0 Å². The van der Waals surface area contributed by atoms with Gasteiger partial charge in [-0.1, -0.05) is 44.1 Å². The van der Waals surface area contributed by atoms with Crippen LogP contribution in [0.15, 0.2) is 36.4 Å². The van der Waals surface area contributed by atoms with Crippen LogP contribution in [0.2, 0.25) is 0 Å². The Balaban J connectivity index is 2.23. The van der Waals surface area contributed by atoms with E-state index in [0.29, 0.717) is 17.7 Å². The van der Waals surface area contributed by atoms with Gasteiger partial charge in [-0.15, -0.1) is 0 Å². The van der Waals surface area contributed by atoms with Gasteiger partial charge in [-0.2, -0.15) is 8.78 Å². The van der Waals surface area contributed by atoms with Crippen molar-refractivity contribution < 1.29 is 18.4 Å². The summed E-state index contributed by atoms with van der Waals surface area (Å²) in [4.78, 5) is 28.2. The number of allylic oxidation sites excluding steroid dienone is 2. The third-order valence-electron chi connectivity index (χ3n) is 4.87. The second kappa shape index (κ2) is 8.87. The van der Waals surface area contributed by atoms with Crippen molar-refractivity contribution in [2.24, 2.45) is 11.8 Å². The molecule has 1 heterocycles. The molecular formula is C21H24ClF2NO2. The second-order valence-corrected chi connectivity index (χ2v) is 7.48. The Morgan fingerprint density at radius 1 is 1.44 bits per heavy atom. The summed E-state index contributed by atoms with van der Waals surface area (Å²) in [6.45, 7) is 9.82. The lowest BCUT2D eigenvalue weighted by atomic mass is 9.89. The van der Waals surface area contributed by atoms with Gasteiger partial charge in [-0.05, 0) is 43.0 Å². The largest absolute Gasteiger partial charge is 0.364 e. The van der Waals surface area contributed by atoms with Crippen molar-refractivity contribution in [3.63, 3.8) is 0 Å². The minimum absolute atomic E-state index is 0.0504. The molecule has 0 bridgehead atoms. The zero-order chi connectivity index (χ0) is 20.2. The molecule has 27 heavy (non-hydrogen) atoms. The number of ketones is 1. The van der Waals surface area contributed by atoms with Gasteiger partial charge in [0.15, 0.2) is 5.78 Å². The molecule has 0 N–H and O–H groups in total. The molecule has 0 amide bonds. The van der Waals surface area contributed by atoms with Gasteiger partial charge < -0.3 is 4.79 Å². The average molecular weight is 396 g/mol. The van der Waals surface area contributed by atoms with Crippen molar-refractivity contribution >= 4 is 23.7 Å². The number of Topliss-reactive ketones (excluding diaryl/α,β-unsaturated/α-hetero) is 1. The molecule has 146 valence electrons. The smallest absolute Gasteiger partial charge is 0.303 e. The highest BCUT2D eigenvalue weighted by Crippen LogP contribution is 2.44. The number of carbonyl (C=O) groups is 2. The van der Waals surface area contributed by atoms with Crippen LogP contribution in [0.1, 0.15) is 60.8 Å². The van der Waals surface area contributed by atoms with Crippen LogP contribution in [0, 0.1) is 11.8 Å². The molecule has 3 nitrogen and oxygen atoms in total. The van der Waals surface area contributed by atoms with E-state index in [1.165, 1.54) is 6.07 Å². The molecule has 0 saturated heterocycles. The number of hydrogen-bond donors (Lipinski definition) is 0. The first-order valence-corrected chi connectivity index (χ1v) is 9.48. The normalized spacial score (nSPS) is 17.5. The number of carbonyl (C=O) groups excluding carboxylic acids is 2. The zero-order valence-electron chi connectivity index (χ0n) is 15.4. The van der Waals surface area contributed by atoms with Gasteiger partial charge in [0.05, 0.1) is 5.69 Å². The molecule has 1 aromatic heterocycles. The second-order valence-electron chi connectivity index (χ2n) is 7.01. The van der Waals surface area contributed by atoms with Gasteiger partial charge in [0, 0.05) is 23.8 Å². The van der Waals surface area contributed by atoms with Crippen LogP contribution in [0.3, 0.4) is 0 Å². The van der Waals surface area contributed by atoms with Crippen molar-refractivity contribution in [2.75, 3.05) is 0 Å². The van der Waals surface area contributed by atoms with Gasteiger partial charge in [0.25, 0.3) is 0 Å². The van der Waals surface area contributed by atoms with E-state index in [1.807, 2.05) is 6.92 Å². The number of alkyl halides is 3. The third-order valence-corrected chi connectivity index (χ3v) is 5.07. The Labute approximate surface area is 163 Å². The SMILES string of the molecule is C=C1CC1C(=C)C(C=O)CC(=O)c1ccc(C(F)(F)Cl)nc1CCCCC. The Bertz CT molecular complexity index is 755. The molecule has 0 spiro atoms. The van der Waals surface area contributed by atoms with Crippen LogP contribution in [-0.2, 0) is 16.6 Å². The van der Waals surface area contributed by atoms with Crippen LogP contribution in [0.25, 0.3) is 0 Å². The quantitative estimate of drug-likeness (QED) is 0.160. The number of hydrogen-bond acceptors (Lipinski definition) is 3. The number of nitrogens with zero attached hydrogens (tertiary/aromatic N) is 1. The fraction of sp³-hybridized carbons (Fsp3) is 0.476. The molecule has 6 heteroatoms. The minimum Gasteiger partial charge on any atom is -0.303 e. The maximum Gasteiger partial charge on any atom is 0.364 e. The Kier molecular flexibility index (Phi) is 7.04. The highest BCUT2D eigenvalue weighted by atomic mass is 35.5. The molecule has 1 fully saturated rings. The van der Waals surface area contributed by atoms with E-state index in [4.69, 9.17) is 11.6 Å². The topological polar surface area (TPSA) is 47.0 Å². The van der Waals surface area contributed by atoms with Crippen LogP contribution >= 0.6 is 11.6 Å². The molecule has 1 saturated carbocycles. The lowest BCUT2D eigenvalue weighted by Crippen LogP contribution is -2.17. The van der Waals surface area contributed by atoms with Gasteiger partial charge >= 0.3 is 5.38 Å².